The van der Waals surface area contributed by atoms with Crippen LogP contribution in [0.1, 0.15) is 19.3 Å². The first-order chi connectivity index (χ1) is 10.6. The number of rotatable bonds is 3. The molecule has 0 spiro atoms. The Kier molecular flexibility index (Phi) is 4.13. The van der Waals surface area contributed by atoms with Crippen LogP contribution < -0.4 is 16.0 Å². The van der Waals surface area contributed by atoms with Crippen molar-refractivity contribution < 1.29 is 14.3 Å². The first kappa shape index (κ1) is 15.0. The third kappa shape index (κ3) is 2.98. The molecule has 2 fully saturated rings. The summed E-state index contributed by atoms with van der Waals surface area (Å²) in [7, 11) is 0. The minimum atomic E-state index is -0.874. The Morgan fingerprint density at radius 2 is 1.95 bits per heavy atom. The SMILES string of the molecule is NC1(C(=O)NC2CC(=O)N(c3ccccc3)C2)CCOCC1. The van der Waals surface area contributed by atoms with E-state index in [-0.39, 0.29) is 17.9 Å². The molecule has 2 aliphatic heterocycles. The van der Waals surface area contributed by atoms with Crippen LogP contribution >= 0.6 is 0 Å². The summed E-state index contributed by atoms with van der Waals surface area (Å²) in [5.41, 5.74) is 6.16. The minimum Gasteiger partial charge on any atom is -0.381 e. The van der Waals surface area contributed by atoms with Gasteiger partial charge in [0.1, 0.15) is 0 Å². The number of nitrogens with one attached hydrogen (secondary N) is 1. The molecule has 0 aliphatic carbocycles. The molecule has 0 aromatic heterocycles. The molecule has 1 unspecified atom stereocenters. The summed E-state index contributed by atoms with van der Waals surface area (Å²) in [6.07, 6.45) is 1.34. The van der Waals surface area contributed by atoms with Crippen LogP contribution in [0, 0.1) is 0 Å². The van der Waals surface area contributed by atoms with Crippen molar-refractivity contribution in [2.45, 2.75) is 30.8 Å². The zero-order valence-corrected chi connectivity index (χ0v) is 12.5. The lowest BCUT2D eigenvalue weighted by atomic mass is 9.90. The second-order valence-corrected chi connectivity index (χ2v) is 5.98. The third-order valence-corrected chi connectivity index (χ3v) is 4.37. The molecular formula is C16H21N3O3. The van der Waals surface area contributed by atoms with E-state index in [0.29, 0.717) is 39.0 Å². The molecule has 2 saturated heterocycles. The Balaban J connectivity index is 1.63. The third-order valence-electron chi connectivity index (χ3n) is 4.37. The van der Waals surface area contributed by atoms with Crippen LogP contribution in [0.25, 0.3) is 0 Å². The molecule has 118 valence electrons. The van der Waals surface area contributed by atoms with Crippen molar-refractivity contribution in [2.24, 2.45) is 5.73 Å². The van der Waals surface area contributed by atoms with E-state index in [4.69, 9.17) is 10.5 Å². The summed E-state index contributed by atoms with van der Waals surface area (Å²) in [4.78, 5) is 26.3. The van der Waals surface area contributed by atoms with Gasteiger partial charge in [0.25, 0.3) is 0 Å². The number of anilines is 1. The fourth-order valence-corrected chi connectivity index (χ4v) is 2.95. The van der Waals surface area contributed by atoms with Gasteiger partial charge in [0.2, 0.25) is 11.8 Å². The number of hydrogen-bond donors (Lipinski definition) is 2. The molecule has 2 amide bonds. The van der Waals surface area contributed by atoms with Crippen molar-refractivity contribution in [3.8, 4) is 0 Å². The van der Waals surface area contributed by atoms with Gasteiger partial charge in [-0.2, -0.15) is 0 Å². The number of ether oxygens (including phenoxy) is 1. The summed E-state index contributed by atoms with van der Waals surface area (Å²) >= 11 is 0. The molecule has 1 aromatic rings. The maximum Gasteiger partial charge on any atom is 0.240 e. The van der Waals surface area contributed by atoms with Crippen molar-refractivity contribution in [1.29, 1.82) is 0 Å². The van der Waals surface area contributed by atoms with Crippen LogP contribution in [-0.2, 0) is 14.3 Å². The highest BCUT2D eigenvalue weighted by Crippen LogP contribution is 2.23. The highest BCUT2D eigenvalue weighted by Gasteiger charge is 2.39. The largest absolute Gasteiger partial charge is 0.381 e. The predicted molar refractivity (Wildman–Crippen MR) is 82.3 cm³/mol. The van der Waals surface area contributed by atoms with Crippen LogP contribution in [0.15, 0.2) is 30.3 Å². The molecule has 0 saturated carbocycles. The van der Waals surface area contributed by atoms with E-state index in [9.17, 15) is 9.59 Å². The normalized spacial score (nSPS) is 24.3. The molecule has 0 radical (unpaired) electrons. The summed E-state index contributed by atoms with van der Waals surface area (Å²) in [6, 6.07) is 9.29. The number of amides is 2. The van der Waals surface area contributed by atoms with E-state index >= 15 is 0 Å². The fourth-order valence-electron chi connectivity index (χ4n) is 2.95. The van der Waals surface area contributed by atoms with E-state index in [1.807, 2.05) is 30.3 Å². The first-order valence-corrected chi connectivity index (χ1v) is 7.61. The number of nitrogens with zero attached hydrogens (tertiary/aromatic N) is 1. The average molecular weight is 303 g/mol. The van der Waals surface area contributed by atoms with Crippen molar-refractivity contribution in [3.63, 3.8) is 0 Å². The monoisotopic (exact) mass is 303 g/mol. The van der Waals surface area contributed by atoms with Crippen LogP contribution in [0.2, 0.25) is 0 Å². The minimum absolute atomic E-state index is 0.0227. The van der Waals surface area contributed by atoms with E-state index in [1.165, 1.54) is 0 Å². The number of nitrogens with two attached hydrogens (primary N) is 1. The summed E-state index contributed by atoms with van der Waals surface area (Å²) < 4.78 is 5.25. The smallest absolute Gasteiger partial charge is 0.240 e. The van der Waals surface area contributed by atoms with E-state index in [2.05, 4.69) is 5.32 Å². The Bertz CT molecular complexity index is 555. The van der Waals surface area contributed by atoms with Gasteiger partial charge < -0.3 is 20.7 Å². The number of carbonyl (C=O) groups excluding carboxylic acids is 2. The predicted octanol–water partition coefficient (Wildman–Crippen LogP) is 0.416. The molecule has 6 heteroatoms. The Morgan fingerprint density at radius 1 is 1.27 bits per heavy atom. The molecule has 3 rings (SSSR count). The van der Waals surface area contributed by atoms with Crippen molar-refractivity contribution >= 4 is 17.5 Å². The second-order valence-electron chi connectivity index (χ2n) is 5.98. The summed E-state index contributed by atoms with van der Waals surface area (Å²) in [6.45, 7) is 1.49. The zero-order valence-electron chi connectivity index (χ0n) is 12.5. The van der Waals surface area contributed by atoms with Gasteiger partial charge in [-0.05, 0) is 25.0 Å². The number of benzene rings is 1. The number of para-hydroxylation sites is 1. The maximum atomic E-state index is 12.4. The Hall–Kier alpha value is -1.92. The van der Waals surface area contributed by atoms with Gasteiger partial charge in [0.05, 0.1) is 11.6 Å². The van der Waals surface area contributed by atoms with Crippen molar-refractivity contribution in [3.05, 3.63) is 30.3 Å². The molecule has 0 bridgehead atoms. The van der Waals surface area contributed by atoms with Crippen LogP contribution in [0.4, 0.5) is 5.69 Å². The number of carbonyl (C=O) groups is 2. The van der Waals surface area contributed by atoms with Crippen LogP contribution in [0.3, 0.4) is 0 Å². The Morgan fingerprint density at radius 3 is 2.64 bits per heavy atom. The van der Waals surface area contributed by atoms with Gasteiger partial charge in [0, 0.05) is 31.9 Å². The van der Waals surface area contributed by atoms with Gasteiger partial charge in [-0.15, -0.1) is 0 Å². The molecule has 2 heterocycles. The highest BCUT2D eigenvalue weighted by molar-refractivity contribution is 5.97. The maximum absolute atomic E-state index is 12.4. The van der Waals surface area contributed by atoms with Gasteiger partial charge in [-0.25, -0.2) is 0 Å². The number of hydrogen-bond acceptors (Lipinski definition) is 4. The molecule has 1 atom stereocenters. The highest BCUT2D eigenvalue weighted by atomic mass is 16.5. The standard InChI is InChI=1S/C16H21N3O3/c17-16(6-8-22-9-7-16)15(21)18-12-10-14(20)19(11-12)13-4-2-1-3-5-13/h1-5,12H,6-11,17H2,(H,18,21). The van der Waals surface area contributed by atoms with E-state index < -0.39 is 5.54 Å². The average Bonchev–Trinajstić information content (AvgIpc) is 2.89. The second kappa shape index (κ2) is 6.06. The van der Waals surface area contributed by atoms with Gasteiger partial charge in [-0.1, -0.05) is 18.2 Å². The van der Waals surface area contributed by atoms with Gasteiger partial charge >= 0.3 is 0 Å². The molecule has 6 nitrogen and oxygen atoms in total. The van der Waals surface area contributed by atoms with E-state index in [0.717, 1.165) is 5.69 Å². The van der Waals surface area contributed by atoms with Crippen LogP contribution in [-0.4, -0.2) is 43.2 Å². The van der Waals surface area contributed by atoms with Crippen molar-refractivity contribution in [2.75, 3.05) is 24.7 Å². The summed E-state index contributed by atoms with van der Waals surface area (Å²) in [5.74, 6) is -0.155. The molecule has 3 N–H and O–H groups in total. The Labute approximate surface area is 129 Å². The quantitative estimate of drug-likeness (QED) is 0.847. The van der Waals surface area contributed by atoms with Crippen molar-refractivity contribution in [1.82, 2.24) is 5.32 Å². The lowest BCUT2D eigenvalue weighted by molar-refractivity contribution is -0.130. The fraction of sp³-hybridized carbons (Fsp3) is 0.500. The molecular weight excluding hydrogens is 282 g/mol. The van der Waals surface area contributed by atoms with Gasteiger partial charge in [0.15, 0.2) is 0 Å². The first-order valence-electron chi connectivity index (χ1n) is 7.61. The lowest BCUT2D eigenvalue weighted by Crippen LogP contribution is -2.59. The molecule has 22 heavy (non-hydrogen) atoms. The van der Waals surface area contributed by atoms with Gasteiger partial charge in [-0.3, -0.25) is 9.59 Å². The summed E-state index contributed by atoms with van der Waals surface area (Å²) in [5, 5.41) is 2.94. The van der Waals surface area contributed by atoms with Crippen LogP contribution in [0.5, 0.6) is 0 Å². The van der Waals surface area contributed by atoms with E-state index in [1.54, 1.807) is 4.90 Å². The zero-order chi connectivity index (χ0) is 15.6. The molecule has 2 aliphatic rings. The lowest BCUT2D eigenvalue weighted by Gasteiger charge is -2.32. The molecule has 1 aromatic carbocycles. The topological polar surface area (TPSA) is 84.7 Å².